The van der Waals surface area contributed by atoms with Gasteiger partial charge in [0.05, 0.1) is 0 Å². The molecule has 1 atom stereocenters. The first kappa shape index (κ1) is 12.9. The number of nitrogens with two attached hydrogens (primary N) is 1. The van der Waals surface area contributed by atoms with Crippen molar-refractivity contribution in [3.8, 4) is 0 Å². The molecule has 0 aromatic carbocycles. The fourth-order valence-electron chi connectivity index (χ4n) is 2.64. The Bertz CT molecular complexity index is 186. The summed E-state index contributed by atoms with van der Waals surface area (Å²) in [4.78, 5) is 4.96. The number of likely N-dealkylation sites (tertiary alicyclic amines) is 1. The van der Waals surface area contributed by atoms with Gasteiger partial charge in [-0.05, 0) is 46.8 Å². The summed E-state index contributed by atoms with van der Waals surface area (Å²) in [5.41, 5.74) is 5.94. The van der Waals surface area contributed by atoms with Crippen molar-refractivity contribution in [2.75, 3.05) is 33.2 Å². The Morgan fingerprint density at radius 2 is 2.13 bits per heavy atom. The minimum atomic E-state index is -0.0790. The molecule has 0 amide bonds. The van der Waals surface area contributed by atoms with Gasteiger partial charge in [0.2, 0.25) is 0 Å². The lowest BCUT2D eigenvalue weighted by molar-refractivity contribution is 0.181. The topological polar surface area (TPSA) is 32.5 Å². The second kappa shape index (κ2) is 5.28. The van der Waals surface area contributed by atoms with E-state index in [2.05, 4.69) is 37.6 Å². The highest BCUT2D eigenvalue weighted by molar-refractivity contribution is 4.83. The lowest BCUT2D eigenvalue weighted by Gasteiger charge is -2.31. The molecule has 2 N–H and O–H groups in total. The van der Waals surface area contributed by atoms with Crippen LogP contribution in [0.15, 0.2) is 0 Å². The molecule has 1 saturated heterocycles. The SMILES string of the molecule is CCN1CCCC1CN(C)CC(C)(C)N. The molecule has 0 bridgehead atoms. The summed E-state index contributed by atoms with van der Waals surface area (Å²) < 4.78 is 0. The molecule has 0 aromatic heterocycles. The highest BCUT2D eigenvalue weighted by Crippen LogP contribution is 2.17. The quantitative estimate of drug-likeness (QED) is 0.743. The van der Waals surface area contributed by atoms with Gasteiger partial charge in [0.15, 0.2) is 0 Å². The van der Waals surface area contributed by atoms with Crippen molar-refractivity contribution in [1.82, 2.24) is 9.80 Å². The molecule has 1 aliphatic rings. The van der Waals surface area contributed by atoms with Gasteiger partial charge in [-0.25, -0.2) is 0 Å². The van der Waals surface area contributed by atoms with Crippen molar-refractivity contribution in [2.24, 2.45) is 5.73 Å². The van der Waals surface area contributed by atoms with Crippen LogP contribution < -0.4 is 5.73 Å². The monoisotopic (exact) mass is 213 g/mol. The van der Waals surface area contributed by atoms with Crippen LogP contribution in [0.5, 0.6) is 0 Å². The standard InChI is InChI=1S/C12H27N3/c1-5-15-8-6-7-11(15)9-14(4)10-12(2,3)13/h11H,5-10,13H2,1-4H3. The summed E-state index contributed by atoms with van der Waals surface area (Å²) in [7, 11) is 2.18. The zero-order chi connectivity index (χ0) is 11.5. The largest absolute Gasteiger partial charge is 0.324 e. The van der Waals surface area contributed by atoms with Crippen molar-refractivity contribution in [2.45, 2.75) is 45.2 Å². The van der Waals surface area contributed by atoms with Gasteiger partial charge < -0.3 is 10.6 Å². The molecule has 3 heteroatoms. The Morgan fingerprint density at radius 3 is 2.67 bits per heavy atom. The first-order valence-electron chi connectivity index (χ1n) is 6.14. The number of likely N-dealkylation sites (N-methyl/N-ethyl adjacent to an activating group) is 2. The first-order valence-corrected chi connectivity index (χ1v) is 6.14. The van der Waals surface area contributed by atoms with E-state index >= 15 is 0 Å². The minimum Gasteiger partial charge on any atom is -0.324 e. The zero-order valence-corrected chi connectivity index (χ0v) is 10.8. The number of hydrogen-bond donors (Lipinski definition) is 1. The van der Waals surface area contributed by atoms with Gasteiger partial charge in [-0.3, -0.25) is 4.90 Å². The first-order chi connectivity index (χ1) is 6.92. The van der Waals surface area contributed by atoms with Gasteiger partial charge in [0.25, 0.3) is 0 Å². The van der Waals surface area contributed by atoms with E-state index in [0.717, 1.165) is 19.1 Å². The van der Waals surface area contributed by atoms with Crippen LogP contribution in [0.25, 0.3) is 0 Å². The van der Waals surface area contributed by atoms with Crippen LogP contribution in [-0.4, -0.2) is 54.6 Å². The number of nitrogens with zero attached hydrogens (tertiary/aromatic N) is 2. The molecule has 90 valence electrons. The highest BCUT2D eigenvalue weighted by Gasteiger charge is 2.25. The molecule has 15 heavy (non-hydrogen) atoms. The summed E-state index contributed by atoms with van der Waals surface area (Å²) in [5, 5.41) is 0. The fraction of sp³-hybridized carbons (Fsp3) is 1.00. The van der Waals surface area contributed by atoms with Crippen LogP contribution in [0.3, 0.4) is 0 Å². The van der Waals surface area contributed by atoms with Crippen LogP contribution in [0, 0.1) is 0 Å². The van der Waals surface area contributed by atoms with Gasteiger partial charge >= 0.3 is 0 Å². The van der Waals surface area contributed by atoms with E-state index in [1.54, 1.807) is 0 Å². The highest BCUT2D eigenvalue weighted by atomic mass is 15.2. The molecule has 3 nitrogen and oxygen atoms in total. The fourth-order valence-corrected chi connectivity index (χ4v) is 2.64. The minimum absolute atomic E-state index is 0.0790. The number of rotatable bonds is 5. The van der Waals surface area contributed by atoms with Crippen molar-refractivity contribution in [3.63, 3.8) is 0 Å². The Kier molecular flexibility index (Phi) is 4.56. The number of hydrogen-bond acceptors (Lipinski definition) is 3. The van der Waals surface area contributed by atoms with Crippen LogP contribution in [0.2, 0.25) is 0 Å². The summed E-state index contributed by atoms with van der Waals surface area (Å²) >= 11 is 0. The normalized spacial score (nSPS) is 24.0. The smallest absolute Gasteiger partial charge is 0.0225 e. The van der Waals surface area contributed by atoms with Gasteiger partial charge in [0.1, 0.15) is 0 Å². The third-order valence-corrected chi connectivity index (χ3v) is 3.11. The summed E-state index contributed by atoms with van der Waals surface area (Å²) in [6, 6.07) is 0.752. The predicted octanol–water partition coefficient (Wildman–Crippen LogP) is 1.14. The zero-order valence-electron chi connectivity index (χ0n) is 10.8. The molecular weight excluding hydrogens is 186 g/mol. The van der Waals surface area contributed by atoms with Crippen LogP contribution in [-0.2, 0) is 0 Å². The second-order valence-corrected chi connectivity index (χ2v) is 5.61. The third kappa shape index (κ3) is 4.49. The van der Waals surface area contributed by atoms with Gasteiger partial charge in [-0.15, -0.1) is 0 Å². The summed E-state index contributed by atoms with van der Waals surface area (Å²) in [5.74, 6) is 0. The second-order valence-electron chi connectivity index (χ2n) is 5.61. The maximum Gasteiger partial charge on any atom is 0.0225 e. The van der Waals surface area contributed by atoms with E-state index in [9.17, 15) is 0 Å². The van der Waals surface area contributed by atoms with Crippen molar-refractivity contribution in [3.05, 3.63) is 0 Å². The van der Waals surface area contributed by atoms with E-state index in [-0.39, 0.29) is 5.54 Å². The molecule has 1 aliphatic heterocycles. The average molecular weight is 213 g/mol. The maximum atomic E-state index is 6.02. The average Bonchev–Trinajstić information content (AvgIpc) is 2.48. The van der Waals surface area contributed by atoms with E-state index in [1.165, 1.54) is 25.9 Å². The van der Waals surface area contributed by atoms with E-state index in [4.69, 9.17) is 5.73 Å². The van der Waals surface area contributed by atoms with Crippen LogP contribution >= 0.6 is 0 Å². The molecule has 0 spiro atoms. The molecule has 1 unspecified atom stereocenters. The van der Waals surface area contributed by atoms with Crippen molar-refractivity contribution < 1.29 is 0 Å². The van der Waals surface area contributed by atoms with E-state index in [0.29, 0.717) is 0 Å². The molecule has 0 aromatic rings. The van der Waals surface area contributed by atoms with Gasteiger partial charge in [0, 0.05) is 24.7 Å². The molecule has 0 aliphatic carbocycles. The van der Waals surface area contributed by atoms with Crippen LogP contribution in [0.4, 0.5) is 0 Å². The van der Waals surface area contributed by atoms with Crippen molar-refractivity contribution in [1.29, 1.82) is 0 Å². The lowest BCUT2D eigenvalue weighted by atomic mass is 10.1. The van der Waals surface area contributed by atoms with Crippen molar-refractivity contribution >= 4 is 0 Å². The molecule has 1 fully saturated rings. The Morgan fingerprint density at radius 1 is 1.47 bits per heavy atom. The summed E-state index contributed by atoms with van der Waals surface area (Å²) in [6.07, 6.45) is 2.71. The molecule has 1 heterocycles. The Balaban J connectivity index is 2.34. The molecule has 0 saturated carbocycles. The molecule has 0 radical (unpaired) electrons. The Hall–Kier alpha value is -0.120. The van der Waals surface area contributed by atoms with Crippen LogP contribution in [0.1, 0.15) is 33.6 Å². The Labute approximate surface area is 94.6 Å². The van der Waals surface area contributed by atoms with Gasteiger partial charge in [-0.1, -0.05) is 6.92 Å². The third-order valence-electron chi connectivity index (χ3n) is 3.11. The van der Waals surface area contributed by atoms with E-state index in [1.807, 2.05) is 0 Å². The molecule has 1 rings (SSSR count). The maximum absolute atomic E-state index is 6.02. The lowest BCUT2D eigenvalue weighted by Crippen LogP contribution is -2.47. The van der Waals surface area contributed by atoms with E-state index < -0.39 is 0 Å². The molecular formula is C12H27N3. The van der Waals surface area contributed by atoms with Gasteiger partial charge in [-0.2, -0.15) is 0 Å². The summed E-state index contributed by atoms with van der Waals surface area (Å²) in [6.45, 7) is 11.0. The predicted molar refractivity (Wildman–Crippen MR) is 66.0 cm³/mol.